The number of aryl methyl sites for hydroxylation is 1. The van der Waals surface area contributed by atoms with Gasteiger partial charge in [0.15, 0.2) is 11.5 Å². The van der Waals surface area contributed by atoms with Crippen LogP contribution >= 0.6 is 0 Å². The minimum absolute atomic E-state index is 0.0895. The van der Waals surface area contributed by atoms with Crippen LogP contribution in [0.5, 0.6) is 11.5 Å². The van der Waals surface area contributed by atoms with Crippen molar-refractivity contribution in [3.05, 3.63) is 52.1 Å². The summed E-state index contributed by atoms with van der Waals surface area (Å²) >= 11 is 0. The largest absolute Gasteiger partial charge is 0.504 e. The van der Waals surface area contributed by atoms with Crippen LogP contribution in [0.3, 0.4) is 0 Å². The summed E-state index contributed by atoms with van der Waals surface area (Å²) < 4.78 is 6.94. The third-order valence-corrected chi connectivity index (χ3v) is 4.80. The quantitative estimate of drug-likeness (QED) is 0.749. The molecule has 0 radical (unpaired) electrons. The topological polar surface area (TPSA) is 84.6 Å². The van der Waals surface area contributed by atoms with E-state index in [4.69, 9.17) is 4.74 Å². The molecular weight excluding hydrogens is 320 g/mol. The SMILES string of the molecule is COc1cc2c(cc1O)CCn1c-2cc2c(C(C)O)cncc2c1=O. The van der Waals surface area contributed by atoms with E-state index in [9.17, 15) is 15.0 Å². The number of phenols is 1. The van der Waals surface area contributed by atoms with E-state index >= 15 is 0 Å². The van der Waals surface area contributed by atoms with Gasteiger partial charge < -0.3 is 19.5 Å². The maximum absolute atomic E-state index is 12.9. The number of aliphatic hydroxyl groups excluding tert-OH is 1. The summed E-state index contributed by atoms with van der Waals surface area (Å²) in [5.41, 5.74) is 3.07. The van der Waals surface area contributed by atoms with Gasteiger partial charge in [-0.2, -0.15) is 0 Å². The van der Waals surface area contributed by atoms with Gasteiger partial charge in [0.25, 0.3) is 5.56 Å². The highest BCUT2D eigenvalue weighted by atomic mass is 16.5. The van der Waals surface area contributed by atoms with Crippen LogP contribution in [-0.2, 0) is 13.0 Å². The standard InChI is InChI=1S/C19H18N2O4/c1-10(22)14-8-20-9-15-13(14)6-16-12-7-18(25-2)17(23)5-11(12)3-4-21(16)19(15)24/h5-10,22-23H,3-4H2,1-2H3. The molecule has 0 bridgehead atoms. The van der Waals surface area contributed by atoms with E-state index < -0.39 is 6.10 Å². The Labute approximate surface area is 144 Å². The summed E-state index contributed by atoms with van der Waals surface area (Å²) in [6.45, 7) is 2.18. The lowest BCUT2D eigenvalue weighted by molar-refractivity contribution is 0.200. The van der Waals surface area contributed by atoms with Gasteiger partial charge in [-0.15, -0.1) is 0 Å². The summed E-state index contributed by atoms with van der Waals surface area (Å²) in [5.74, 6) is 0.455. The smallest absolute Gasteiger partial charge is 0.260 e. The zero-order chi connectivity index (χ0) is 17.7. The van der Waals surface area contributed by atoms with Crippen molar-refractivity contribution in [2.24, 2.45) is 0 Å². The Balaban J connectivity index is 2.08. The van der Waals surface area contributed by atoms with Gasteiger partial charge in [0.2, 0.25) is 0 Å². The molecule has 1 aliphatic heterocycles. The molecule has 6 heteroatoms. The van der Waals surface area contributed by atoms with Crippen LogP contribution in [-0.4, -0.2) is 26.9 Å². The fourth-order valence-electron chi connectivity index (χ4n) is 3.52. The Hall–Kier alpha value is -2.86. The lowest BCUT2D eigenvalue weighted by atomic mass is 9.94. The predicted molar refractivity (Wildman–Crippen MR) is 94.0 cm³/mol. The second-order valence-corrected chi connectivity index (χ2v) is 6.28. The van der Waals surface area contributed by atoms with Gasteiger partial charge in [0.1, 0.15) is 0 Å². The molecular formula is C19H18N2O4. The fourth-order valence-corrected chi connectivity index (χ4v) is 3.52. The van der Waals surface area contributed by atoms with E-state index in [2.05, 4.69) is 4.98 Å². The third-order valence-electron chi connectivity index (χ3n) is 4.80. The molecule has 0 saturated carbocycles. The average molecular weight is 338 g/mol. The summed E-state index contributed by atoms with van der Waals surface area (Å²) in [6, 6.07) is 5.35. The highest BCUT2D eigenvalue weighted by Crippen LogP contribution is 2.38. The zero-order valence-corrected chi connectivity index (χ0v) is 14.0. The first-order valence-electron chi connectivity index (χ1n) is 8.11. The number of hydrogen-bond acceptors (Lipinski definition) is 5. The normalized spacial score (nSPS) is 14.0. The molecule has 0 fully saturated rings. The Morgan fingerprint density at radius 3 is 2.76 bits per heavy atom. The number of aromatic nitrogens is 2. The summed E-state index contributed by atoms with van der Waals surface area (Å²) in [5, 5.41) is 21.2. The molecule has 0 saturated heterocycles. The molecule has 0 amide bonds. The first-order valence-corrected chi connectivity index (χ1v) is 8.11. The van der Waals surface area contributed by atoms with Crippen LogP contribution in [0.15, 0.2) is 35.4 Å². The van der Waals surface area contributed by atoms with Crippen LogP contribution in [0.2, 0.25) is 0 Å². The van der Waals surface area contributed by atoms with E-state index in [1.54, 1.807) is 36.0 Å². The van der Waals surface area contributed by atoms with E-state index in [1.165, 1.54) is 7.11 Å². The number of nitrogens with zero attached hydrogens (tertiary/aromatic N) is 2. The van der Waals surface area contributed by atoms with Crippen molar-refractivity contribution in [1.82, 2.24) is 9.55 Å². The second-order valence-electron chi connectivity index (χ2n) is 6.28. The van der Waals surface area contributed by atoms with Crippen molar-refractivity contribution in [1.29, 1.82) is 0 Å². The highest BCUT2D eigenvalue weighted by Gasteiger charge is 2.22. The van der Waals surface area contributed by atoms with Gasteiger partial charge in [-0.1, -0.05) is 0 Å². The fraction of sp³-hybridized carbons (Fsp3) is 0.263. The summed E-state index contributed by atoms with van der Waals surface area (Å²) in [7, 11) is 1.50. The van der Waals surface area contributed by atoms with E-state index in [0.29, 0.717) is 35.1 Å². The van der Waals surface area contributed by atoms with Crippen LogP contribution in [0.4, 0.5) is 0 Å². The van der Waals surface area contributed by atoms with Crippen LogP contribution in [0, 0.1) is 0 Å². The van der Waals surface area contributed by atoms with E-state index in [-0.39, 0.29) is 11.3 Å². The molecule has 6 nitrogen and oxygen atoms in total. The predicted octanol–water partition coefficient (Wildman–Crippen LogP) is 2.39. The first kappa shape index (κ1) is 15.7. The number of ether oxygens (including phenoxy) is 1. The van der Waals surface area contributed by atoms with Gasteiger partial charge in [-0.3, -0.25) is 9.78 Å². The lowest BCUT2D eigenvalue weighted by Crippen LogP contribution is -2.26. The molecule has 128 valence electrons. The number of aliphatic hydroxyl groups is 1. The highest BCUT2D eigenvalue weighted by molar-refractivity contribution is 5.88. The molecule has 1 aliphatic rings. The van der Waals surface area contributed by atoms with Crippen molar-refractivity contribution in [2.45, 2.75) is 26.0 Å². The molecule has 1 unspecified atom stereocenters. The molecule has 0 aliphatic carbocycles. The van der Waals surface area contributed by atoms with Gasteiger partial charge in [-0.25, -0.2) is 0 Å². The van der Waals surface area contributed by atoms with Crippen LogP contribution in [0.25, 0.3) is 22.0 Å². The molecule has 2 aromatic heterocycles. The second kappa shape index (κ2) is 5.60. The summed E-state index contributed by atoms with van der Waals surface area (Å²) in [6.07, 6.45) is 3.06. The summed E-state index contributed by atoms with van der Waals surface area (Å²) in [4.78, 5) is 17.0. The van der Waals surface area contributed by atoms with E-state index in [1.807, 2.05) is 6.07 Å². The number of aromatic hydroxyl groups is 1. The first-order chi connectivity index (χ1) is 12.0. The van der Waals surface area contributed by atoms with Crippen LogP contribution in [0.1, 0.15) is 24.2 Å². The van der Waals surface area contributed by atoms with E-state index in [0.717, 1.165) is 16.8 Å². The van der Waals surface area contributed by atoms with Crippen LogP contribution < -0.4 is 10.3 Å². The molecule has 1 atom stereocenters. The number of fused-ring (bicyclic) bond motifs is 4. The molecule has 2 N–H and O–H groups in total. The zero-order valence-electron chi connectivity index (χ0n) is 14.0. The Bertz CT molecular complexity index is 1050. The van der Waals surface area contributed by atoms with Crippen molar-refractivity contribution in [3.63, 3.8) is 0 Å². The molecule has 3 aromatic rings. The molecule has 3 heterocycles. The minimum Gasteiger partial charge on any atom is -0.504 e. The average Bonchev–Trinajstić information content (AvgIpc) is 2.60. The van der Waals surface area contributed by atoms with Crippen molar-refractivity contribution < 1.29 is 14.9 Å². The van der Waals surface area contributed by atoms with Gasteiger partial charge >= 0.3 is 0 Å². The Morgan fingerprint density at radius 2 is 2.04 bits per heavy atom. The van der Waals surface area contributed by atoms with Gasteiger partial charge in [0.05, 0.1) is 24.3 Å². The number of methoxy groups -OCH3 is 1. The maximum atomic E-state index is 12.9. The third kappa shape index (κ3) is 2.29. The Kier molecular flexibility index (Phi) is 3.51. The molecule has 1 aromatic carbocycles. The Morgan fingerprint density at radius 1 is 1.24 bits per heavy atom. The monoisotopic (exact) mass is 338 g/mol. The lowest BCUT2D eigenvalue weighted by Gasteiger charge is -2.24. The maximum Gasteiger partial charge on any atom is 0.260 e. The number of benzene rings is 1. The number of phenolic OH excluding ortho intramolecular Hbond substituents is 1. The number of rotatable bonds is 2. The van der Waals surface area contributed by atoms with Gasteiger partial charge in [-0.05, 0) is 42.5 Å². The van der Waals surface area contributed by atoms with Crippen molar-refractivity contribution >= 4 is 10.8 Å². The van der Waals surface area contributed by atoms with Gasteiger partial charge in [0, 0.05) is 30.1 Å². The number of hydrogen-bond donors (Lipinski definition) is 2. The minimum atomic E-state index is -0.726. The molecule has 25 heavy (non-hydrogen) atoms. The molecule has 0 spiro atoms. The molecule has 4 rings (SSSR count). The van der Waals surface area contributed by atoms with Crippen molar-refractivity contribution in [3.8, 4) is 22.8 Å². The number of pyridine rings is 2. The van der Waals surface area contributed by atoms with Crippen molar-refractivity contribution in [2.75, 3.05) is 7.11 Å².